The number of carbonyl (C=O) groups is 2. The molecular weight excluding hydrogens is 312 g/mol. The summed E-state index contributed by atoms with van der Waals surface area (Å²) in [6.07, 6.45) is 6.26. The van der Waals surface area contributed by atoms with E-state index in [-0.39, 0.29) is 17.5 Å². The van der Waals surface area contributed by atoms with Gasteiger partial charge in [-0.2, -0.15) is 11.8 Å². The zero-order chi connectivity index (χ0) is 16.7. The van der Waals surface area contributed by atoms with E-state index in [9.17, 15) is 9.59 Å². The summed E-state index contributed by atoms with van der Waals surface area (Å²) in [5.74, 6) is 2.13. The highest BCUT2D eigenvalue weighted by molar-refractivity contribution is 7.99. The molecule has 0 aromatic heterocycles. The second-order valence-corrected chi connectivity index (χ2v) is 7.78. The normalized spacial score (nSPS) is 23.0. The van der Waals surface area contributed by atoms with Crippen molar-refractivity contribution in [3.8, 4) is 0 Å². The van der Waals surface area contributed by atoms with Gasteiger partial charge in [-0.15, -0.1) is 0 Å². The molecule has 0 aromatic carbocycles. The van der Waals surface area contributed by atoms with Crippen LogP contribution in [0.25, 0.3) is 0 Å². The van der Waals surface area contributed by atoms with E-state index < -0.39 is 6.03 Å². The lowest BCUT2D eigenvalue weighted by Gasteiger charge is -2.48. The number of hydrogen-bond acceptors (Lipinski definition) is 5. The Morgan fingerprint density at radius 3 is 2.43 bits per heavy atom. The third-order valence-electron chi connectivity index (χ3n) is 5.06. The van der Waals surface area contributed by atoms with Gasteiger partial charge in [-0.1, -0.05) is 19.3 Å². The van der Waals surface area contributed by atoms with Crippen molar-refractivity contribution in [1.82, 2.24) is 20.9 Å². The first kappa shape index (κ1) is 18.5. The van der Waals surface area contributed by atoms with Gasteiger partial charge >= 0.3 is 6.03 Å². The quantitative estimate of drug-likeness (QED) is 0.699. The molecule has 1 heterocycles. The number of thioether (sulfide) groups is 1. The third kappa shape index (κ3) is 5.09. The first-order valence-electron chi connectivity index (χ1n) is 8.66. The summed E-state index contributed by atoms with van der Waals surface area (Å²) < 4.78 is 0. The molecule has 1 atom stereocenters. The van der Waals surface area contributed by atoms with Gasteiger partial charge in [-0.05, 0) is 19.8 Å². The number of hydrogen-bond donors (Lipinski definition) is 3. The van der Waals surface area contributed by atoms with E-state index in [1.54, 1.807) is 0 Å². The number of nitrogens with zero attached hydrogens (tertiary/aromatic N) is 1. The summed E-state index contributed by atoms with van der Waals surface area (Å²) in [5.41, 5.74) is 0.181. The van der Waals surface area contributed by atoms with Gasteiger partial charge in [0.15, 0.2) is 0 Å². The zero-order valence-electron chi connectivity index (χ0n) is 14.3. The fraction of sp³-hybridized carbons (Fsp3) is 0.875. The van der Waals surface area contributed by atoms with Gasteiger partial charge in [0.25, 0.3) is 0 Å². The van der Waals surface area contributed by atoms with Gasteiger partial charge in [0, 0.05) is 43.7 Å². The van der Waals surface area contributed by atoms with Crippen LogP contribution in [0.2, 0.25) is 0 Å². The van der Waals surface area contributed by atoms with Gasteiger partial charge < -0.3 is 10.6 Å². The van der Waals surface area contributed by atoms with Crippen LogP contribution in [-0.2, 0) is 4.79 Å². The highest BCUT2D eigenvalue weighted by Gasteiger charge is 2.38. The van der Waals surface area contributed by atoms with Crippen LogP contribution in [-0.4, -0.2) is 66.6 Å². The Hall–Kier alpha value is -0.790. The summed E-state index contributed by atoms with van der Waals surface area (Å²) in [6.45, 7) is 4.93. The Morgan fingerprint density at radius 2 is 1.83 bits per heavy atom. The van der Waals surface area contributed by atoms with Crippen molar-refractivity contribution in [2.75, 3.05) is 38.2 Å². The summed E-state index contributed by atoms with van der Waals surface area (Å²) in [4.78, 5) is 25.9. The maximum absolute atomic E-state index is 12.0. The Morgan fingerprint density at radius 1 is 1.17 bits per heavy atom. The molecule has 0 aromatic rings. The fourth-order valence-electron chi connectivity index (χ4n) is 3.57. The summed E-state index contributed by atoms with van der Waals surface area (Å²) in [6, 6.07) is -0.825. The predicted molar refractivity (Wildman–Crippen MR) is 94.8 cm³/mol. The van der Waals surface area contributed by atoms with Gasteiger partial charge in [-0.25, -0.2) is 4.79 Å². The number of amides is 3. The number of imide groups is 1. The number of carbonyl (C=O) groups excluding carboxylic acids is 2. The van der Waals surface area contributed by atoms with Crippen molar-refractivity contribution in [3.63, 3.8) is 0 Å². The molecule has 2 fully saturated rings. The van der Waals surface area contributed by atoms with E-state index >= 15 is 0 Å². The molecule has 1 aliphatic carbocycles. The van der Waals surface area contributed by atoms with Crippen LogP contribution in [0.5, 0.6) is 0 Å². The minimum Gasteiger partial charge on any atom is -0.341 e. The van der Waals surface area contributed by atoms with Gasteiger partial charge in [-0.3, -0.25) is 15.0 Å². The molecule has 2 rings (SSSR count). The van der Waals surface area contributed by atoms with Crippen LogP contribution in [0.3, 0.4) is 0 Å². The van der Waals surface area contributed by atoms with Crippen LogP contribution in [0.15, 0.2) is 0 Å². The largest absolute Gasteiger partial charge is 0.341 e. The topological polar surface area (TPSA) is 73.5 Å². The lowest BCUT2D eigenvalue weighted by molar-refractivity contribution is -0.121. The van der Waals surface area contributed by atoms with Crippen LogP contribution < -0.4 is 16.0 Å². The maximum atomic E-state index is 12.0. The number of urea groups is 1. The molecule has 1 saturated carbocycles. The second kappa shape index (κ2) is 8.89. The zero-order valence-corrected chi connectivity index (χ0v) is 15.1. The highest BCUT2D eigenvalue weighted by atomic mass is 32.2. The molecular formula is C16H30N4O2S. The summed E-state index contributed by atoms with van der Waals surface area (Å²) in [7, 11) is 1.51. The minimum absolute atomic E-state index is 0.181. The molecule has 3 amide bonds. The van der Waals surface area contributed by atoms with E-state index in [0.29, 0.717) is 0 Å². The standard InChI is InChI=1S/C16H30N4O2S/c1-13(14(21)19-15(22)17-2)18-12-16(6-4-3-5-7-16)20-8-10-23-11-9-20/h13,18H,3-12H2,1-2H3,(H2,17,19,21,22)/t13-/m0/s1. The molecule has 23 heavy (non-hydrogen) atoms. The van der Waals surface area contributed by atoms with E-state index in [1.165, 1.54) is 50.7 Å². The molecule has 0 radical (unpaired) electrons. The highest BCUT2D eigenvalue weighted by Crippen LogP contribution is 2.34. The summed E-state index contributed by atoms with van der Waals surface area (Å²) >= 11 is 2.03. The first-order valence-corrected chi connectivity index (χ1v) is 9.82. The smallest absolute Gasteiger partial charge is 0.321 e. The van der Waals surface area contributed by atoms with Gasteiger partial charge in [0.2, 0.25) is 5.91 Å². The number of rotatable bonds is 5. The Balaban J connectivity index is 1.92. The second-order valence-electron chi connectivity index (χ2n) is 6.56. The lowest BCUT2D eigenvalue weighted by atomic mass is 9.79. The van der Waals surface area contributed by atoms with Crippen molar-refractivity contribution in [3.05, 3.63) is 0 Å². The van der Waals surface area contributed by atoms with Crippen molar-refractivity contribution in [1.29, 1.82) is 0 Å². The third-order valence-corrected chi connectivity index (χ3v) is 6.00. The van der Waals surface area contributed by atoms with E-state index in [4.69, 9.17) is 0 Å². The Kier molecular flexibility index (Phi) is 7.17. The number of nitrogens with one attached hydrogen (secondary N) is 3. The molecule has 0 bridgehead atoms. The monoisotopic (exact) mass is 342 g/mol. The molecule has 0 unspecified atom stereocenters. The molecule has 3 N–H and O–H groups in total. The van der Waals surface area contributed by atoms with Crippen molar-refractivity contribution >= 4 is 23.7 Å². The van der Waals surface area contributed by atoms with E-state index in [0.717, 1.165) is 19.6 Å². The minimum atomic E-state index is -0.455. The molecule has 7 heteroatoms. The van der Waals surface area contributed by atoms with E-state index in [2.05, 4.69) is 20.9 Å². The average molecular weight is 343 g/mol. The molecule has 1 saturated heterocycles. The summed E-state index contributed by atoms with van der Waals surface area (Å²) in [5, 5.41) is 8.13. The van der Waals surface area contributed by atoms with Crippen LogP contribution >= 0.6 is 11.8 Å². The molecule has 0 spiro atoms. The van der Waals surface area contributed by atoms with Crippen LogP contribution in [0, 0.1) is 0 Å². The SMILES string of the molecule is CNC(=O)NC(=O)[C@H](C)NCC1(N2CCSCC2)CCCCC1. The fourth-order valence-corrected chi connectivity index (χ4v) is 4.47. The first-order chi connectivity index (χ1) is 11.1. The van der Waals surface area contributed by atoms with E-state index in [1.807, 2.05) is 18.7 Å². The van der Waals surface area contributed by atoms with Crippen molar-refractivity contribution in [2.24, 2.45) is 0 Å². The molecule has 2 aliphatic rings. The molecule has 6 nitrogen and oxygen atoms in total. The van der Waals surface area contributed by atoms with Crippen LogP contribution in [0.4, 0.5) is 4.79 Å². The van der Waals surface area contributed by atoms with Gasteiger partial charge in [0.05, 0.1) is 6.04 Å². The van der Waals surface area contributed by atoms with Crippen molar-refractivity contribution in [2.45, 2.75) is 50.6 Å². The van der Waals surface area contributed by atoms with Gasteiger partial charge in [0.1, 0.15) is 0 Å². The lowest BCUT2D eigenvalue weighted by Crippen LogP contribution is -2.60. The Labute approximate surface area is 143 Å². The predicted octanol–water partition coefficient (Wildman–Crippen LogP) is 1.17. The molecule has 1 aliphatic heterocycles. The van der Waals surface area contributed by atoms with Crippen molar-refractivity contribution < 1.29 is 9.59 Å². The maximum Gasteiger partial charge on any atom is 0.321 e. The average Bonchev–Trinajstić information content (AvgIpc) is 2.61. The molecule has 132 valence electrons. The Bertz CT molecular complexity index is 407. The van der Waals surface area contributed by atoms with Crippen LogP contribution in [0.1, 0.15) is 39.0 Å².